The highest BCUT2D eigenvalue weighted by Gasteiger charge is 2.31. The molecule has 2 heterocycles. The van der Waals surface area contributed by atoms with E-state index in [0.717, 1.165) is 5.75 Å². The molecule has 1 fully saturated rings. The Bertz CT molecular complexity index is 368. The lowest BCUT2D eigenvalue weighted by Gasteiger charge is -2.38. The third-order valence-electron chi connectivity index (χ3n) is 2.44. The standard InChI is InChI=1S/C11H14ClN3O2/c12-3-5-14-11(16)15-7-10(8-15)17-9-2-1-4-13-6-9/h1-2,4,6,10H,3,5,7-8H2,(H,14,16). The van der Waals surface area contributed by atoms with Gasteiger partial charge in [0.05, 0.1) is 19.3 Å². The number of pyridine rings is 1. The molecule has 5 nitrogen and oxygen atoms in total. The van der Waals surface area contributed by atoms with Crippen LogP contribution in [0, 0.1) is 0 Å². The lowest BCUT2D eigenvalue weighted by molar-refractivity contribution is 0.0444. The zero-order valence-electron chi connectivity index (χ0n) is 9.30. The van der Waals surface area contributed by atoms with Crippen molar-refractivity contribution in [1.29, 1.82) is 0 Å². The molecule has 0 spiro atoms. The summed E-state index contributed by atoms with van der Waals surface area (Å²) >= 11 is 5.48. The van der Waals surface area contributed by atoms with Crippen LogP contribution in [0.3, 0.4) is 0 Å². The van der Waals surface area contributed by atoms with Gasteiger partial charge in [-0.05, 0) is 12.1 Å². The number of hydrogen-bond donors (Lipinski definition) is 1. The lowest BCUT2D eigenvalue weighted by atomic mass is 10.2. The highest BCUT2D eigenvalue weighted by Crippen LogP contribution is 2.16. The minimum atomic E-state index is -0.0864. The Kier molecular flexibility index (Phi) is 4.03. The van der Waals surface area contributed by atoms with E-state index in [1.807, 2.05) is 12.1 Å². The number of nitrogens with zero attached hydrogens (tertiary/aromatic N) is 2. The first-order chi connectivity index (χ1) is 8.29. The molecule has 1 aromatic heterocycles. The maximum Gasteiger partial charge on any atom is 0.317 e. The third kappa shape index (κ3) is 3.23. The van der Waals surface area contributed by atoms with Crippen LogP contribution in [0.5, 0.6) is 5.75 Å². The van der Waals surface area contributed by atoms with Crippen LogP contribution in [0.4, 0.5) is 4.79 Å². The molecule has 1 saturated heterocycles. The second kappa shape index (κ2) is 5.72. The molecule has 2 rings (SSSR count). The molecule has 6 heteroatoms. The maximum atomic E-state index is 11.5. The van der Waals surface area contributed by atoms with Crippen LogP contribution >= 0.6 is 11.6 Å². The number of carbonyl (C=O) groups is 1. The highest BCUT2D eigenvalue weighted by molar-refractivity contribution is 6.18. The first-order valence-corrected chi connectivity index (χ1v) is 5.98. The van der Waals surface area contributed by atoms with Crippen LogP contribution in [0.15, 0.2) is 24.5 Å². The summed E-state index contributed by atoms with van der Waals surface area (Å²) < 4.78 is 5.62. The summed E-state index contributed by atoms with van der Waals surface area (Å²) in [5.74, 6) is 1.16. The van der Waals surface area contributed by atoms with Gasteiger partial charge in [0.15, 0.2) is 0 Å². The van der Waals surface area contributed by atoms with Crippen molar-refractivity contribution >= 4 is 17.6 Å². The number of nitrogens with one attached hydrogen (secondary N) is 1. The number of rotatable bonds is 4. The van der Waals surface area contributed by atoms with Gasteiger partial charge in [0.2, 0.25) is 0 Å². The van der Waals surface area contributed by atoms with E-state index < -0.39 is 0 Å². The van der Waals surface area contributed by atoms with E-state index in [2.05, 4.69) is 10.3 Å². The zero-order chi connectivity index (χ0) is 12.1. The Morgan fingerprint density at radius 3 is 3.12 bits per heavy atom. The monoisotopic (exact) mass is 255 g/mol. The molecule has 1 aromatic rings. The SMILES string of the molecule is O=C(NCCCl)N1CC(Oc2cccnc2)C1. The first kappa shape index (κ1) is 12.0. The minimum Gasteiger partial charge on any atom is -0.485 e. The number of ether oxygens (including phenoxy) is 1. The number of alkyl halides is 1. The molecule has 0 bridgehead atoms. The van der Waals surface area contributed by atoms with Gasteiger partial charge in [0.1, 0.15) is 11.9 Å². The van der Waals surface area contributed by atoms with Crippen LogP contribution in [0.2, 0.25) is 0 Å². The normalized spacial score (nSPS) is 15.2. The highest BCUT2D eigenvalue weighted by atomic mass is 35.5. The number of carbonyl (C=O) groups excluding carboxylic acids is 1. The second-order valence-electron chi connectivity index (χ2n) is 3.75. The lowest BCUT2D eigenvalue weighted by Crippen LogP contribution is -2.59. The maximum absolute atomic E-state index is 11.5. The number of halogens is 1. The van der Waals surface area contributed by atoms with Crippen molar-refractivity contribution in [2.24, 2.45) is 0 Å². The molecule has 0 aliphatic carbocycles. The molecule has 1 aliphatic rings. The van der Waals surface area contributed by atoms with E-state index in [1.54, 1.807) is 17.3 Å². The van der Waals surface area contributed by atoms with Crippen molar-refractivity contribution in [2.45, 2.75) is 6.10 Å². The Morgan fingerprint density at radius 2 is 2.47 bits per heavy atom. The number of likely N-dealkylation sites (tertiary alicyclic amines) is 1. The average molecular weight is 256 g/mol. The van der Waals surface area contributed by atoms with Gasteiger partial charge >= 0.3 is 6.03 Å². The van der Waals surface area contributed by atoms with Gasteiger partial charge < -0.3 is 15.0 Å². The average Bonchev–Trinajstić information content (AvgIpc) is 2.31. The van der Waals surface area contributed by atoms with E-state index in [4.69, 9.17) is 16.3 Å². The number of urea groups is 1. The van der Waals surface area contributed by atoms with Crippen LogP contribution < -0.4 is 10.1 Å². The number of aromatic nitrogens is 1. The molecule has 2 amide bonds. The summed E-state index contributed by atoms with van der Waals surface area (Å²) in [4.78, 5) is 17.1. The third-order valence-corrected chi connectivity index (χ3v) is 2.63. The molecule has 0 aromatic carbocycles. The fraction of sp³-hybridized carbons (Fsp3) is 0.455. The molecule has 17 heavy (non-hydrogen) atoms. The summed E-state index contributed by atoms with van der Waals surface area (Å²) in [6, 6.07) is 3.58. The molecule has 0 atom stereocenters. The van der Waals surface area contributed by atoms with Crippen LogP contribution in [-0.4, -0.2) is 47.5 Å². The van der Waals surface area contributed by atoms with Gasteiger partial charge in [-0.3, -0.25) is 4.98 Å². The Labute approximate surface area is 105 Å². The van der Waals surface area contributed by atoms with Crippen molar-refractivity contribution < 1.29 is 9.53 Å². The quantitative estimate of drug-likeness (QED) is 0.820. The summed E-state index contributed by atoms with van der Waals surface area (Å²) in [5.41, 5.74) is 0. The molecule has 0 unspecified atom stereocenters. The van der Waals surface area contributed by atoms with Gasteiger partial charge in [-0.25, -0.2) is 4.79 Å². The minimum absolute atomic E-state index is 0.0564. The molecule has 1 N–H and O–H groups in total. The Balaban J connectivity index is 1.70. The van der Waals surface area contributed by atoms with Gasteiger partial charge in [-0.15, -0.1) is 11.6 Å². The summed E-state index contributed by atoms with van der Waals surface area (Å²) in [5, 5.41) is 2.71. The van der Waals surface area contributed by atoms with Crippen molar-refractivity contribution in [2.75, 3.05) is 25.5 Å². The topological polar surface area (TPSA) is 54.5 Å². The molecule has 0 radical (unpaired) electrons. The van der Waals surface area contributed by atoms with Gasteiger partial charge in [-0.1, -0.05) is 0 Å². The van der Waals surface area contributed by atoms with E-state index >= 15 is 0 Å². The zero-order valence-corrected chi connectivity index (χ0v) is 10.1. The van der Waals surface area contributed by atoms with E-state index in [0.29, 0.717) is 25.5 Å². The molecular weight excluding hydrogens is 242 g/mol. The smallest absolute Gasteiger partial charge is 0.317 e. The van der Waals surface area contributed by atoms with Crippen molar-refractivity contribution in [3.8, 4) is 5.75 Å². The Hall–Kier alpha value is -1.49. The van der Waals surface area contributed by atoms with Crippen molar-refractivity contribution in [3.63, 3.8) is 0 Å². The summed E-state index contributed by atoms with van der Waals surface area (Å²) in [6.45, 7) is 1.69. The summed E-state index contributed by atoms with van der Waals surface area (Å²) in [7, 11) is 0. The predicted molar refractivity (Wildman–Crippen MR) is 64.3 cm³/mol. The molecular formula is C11H14ClN3O2. The summed E-state index contributed by atoms with van der Waals surface area (Å²) in [6.07, 6.45) is 3.41. The van der Waals surface area contributed by atoms with Gasteiger partial charge in [0.25, 0.3) is 0 Å². The number of hydrogen-bond acceptors (Lipinski definition) is 3. The van der Waals surface area contributed by atoms with E-state index in [9.17, 15) is 4.79 Å². The largest absolute Gasteiger partial charge is 0.485 e. The first-order valence-electron chi connectivity index (χ1n) is 5.45. The van der Waals surface area contributed by atoms with Crippen molar-refractivity contribution in [1.82, 2.24) is 15.2 Å². The van der Waals surface area contributed by atoms with Crippen LogP contribution in [0.1, 0.15) is 0 Å². The molecule has 0 saturated carbocycles. The van der Waals surface area contributed by atoms with Crippen molar-refractivity contribution in [3.05, 3.63) is 24.5 Å². The van der Waals surface area contributed by atoms with E-state index in [1.165, 1.54) is 0 Å². The Morgan fingerprint density at radius 1 is 1.65 bits per heavy atom. The fourth-order valence-corrected chi connectivity index (χ4v) is 1.65. The second-order valence-corrected chi connectivity index (χ2v) is 4.13. The number of amides is 2. The van der Waals surface area contributed by atoms with Crippen LogP contribution in [-0.2, 0) is 0 Å². The van der Waals surface area contributed by atoms with Gasteiger partial charge in [0, 0.05) is 18.6 Å². The van der Waals surface area contributed by atoms with Gasteiger partial charge in [-0.2, -0.15) is 0 Å². The predicted octanol–water partition coefficient (Wildman–Crippen LogP) is 1.09. The van der Waals surface area contributed by atoms with E-state index in [-0.39, 0.29) is 12.1 Å². The molecule has 1 aliphatic heterocycles. The molecule has 92 valence electrons. The fourth-order valence-electron chi connectivity index (χ4n) is 1.55. The van der Waals surface area contributed by atoms with Crippen LogP contribution in [0.25, 0.3) is 0 Å².